The van der Waals surface area contributed by atoms with E-state index in [1.54, 1.807) is 29.9 Å². The SMILES string of the molecule is CC[C@@H](C)NC(=O)NC(=O)CSc1nc2ccccc2c(=O)n1CCCOC. The highest BCUT2D eigenvalue weighted by molar-refractivity contribution is 7.99. The van der Waals surface area contributed by atoms with E-state index in [4.69, 9.17) is 4.74 Å². The lowest BCUT2D eigenvalue weighted by atomic mass is 10.2. The second-order valence-corrected chi connectivity index (χ2v) is 7.28. The third kappa shape index (κ3) is 6.07. The molecule has 0 saturated carbocycles. The monoisotopic (exact) mass is 406 g/mol. The van der Waals surface area contributed by atoms with Crippen LogP contribution >= 0.6 is 11.8 Å². The summed E-state index contributed by atoms with van der Waals surface area (Å²) >= 11 is 1.13. The second kappa shape index (κ2) is 10.8. The number of methoxy groups -OCH3 is 1. The van der Waals surface area contributed by atoms with Gasteiger partial charge in [-0.25, -0.2) is 9.78 Å². The molecular formula is C19H26N4O4S. The predicted octanol–water partition coefficient (Wildman–Crippen LogP) is 2.15. The molecule has 1 heterocycles. The van der Waals surface area contributed by atoms with Crippen molar-refractivity contribution in [3.8, 4) is 0 Å². The van der Waals surface area contributed by atoms with Crippen LogP contribution in [-0.4, -0.2) is 47.0 Å². The zero-order chi connectivity index (χ0) is 20.5. The van der Waals surface area contributed by atoms with E-state index in [0.717, 1.165) is 18.2 Å². The number of ether oxygens (including phenoxy) is 1. The molecule has 2 N–H and O–H groups in total. The lowest BCUT2D eigenvalue weighted by Crippen LogP contribution is -2.44. The van der Waals surface area contributed by atoms with E-state index in [-0.39, 0.29) is 17.4 Å². The normalized spacial score (nSPS) is 12.0. The molecule has 0 radical (unpaired) electrons. The zero-order valence-electron chi connectivity index (χ0n) is 16.4. The van der Waals surface area contributed by atoms with Crippen molar-refractivity contribution < 1.29 is 14.3 Å². The van der Waals surface area contributed by atoms with Gasteiger partial charge in [0.2, 0.25) is 5.91 Å². The minimum atomic E-state index is -0.524. The fourth-order valence-corrected chi connectivity index (χ4v) is 3.30. The number of hydrogen-bond acceptors (Lipinski definition) is 6. The van der Waals surface area contributed by atoms with Gasteiger partial charge >= 0.3 is 6.03 Å². The van der Waals surface area contributed by atoms with Gasteiger partial charge in [-0.1, -0.05) is 30.8 Å². The van der Waals surface area contributed by atoms with Crippen molar-refractivity contribution in [2.45, 2.75) is 44.4 Å². The maximum atomic E-state index is 12.8. The van der Waals surface area contributed by atoms with Crippen LogP contribution in [0, 0.1) is 0 Å². The third-order valence-electron chi connectivity index (χ3n) is 4.13. The number of carbonyl (C=O) groups is 2. The molecule has 0 unspecified atom stereocenters. The molecule has 3 amide bonds. The number of fused-ring (bicyclic) bond motifs is 1. The molecule has 28 heavy (non-hydrogen) atoms. The molecule has 0 bridgehead atoms. The summed E-state index contributed by atoms with van der Waals surface area (Å²) in [6, 6.07) is 6.56. The Morgan fingerprint density at radius 3 is 2.79 bits per heavy atom. The van der Waals surface area contributed by atoms with Crippen LogP contribution in [0.5, 0.6) is 0 Å². The van der Waals surface area contributed by atoms with Gasteiger partial charge in [0.05, 0.1) is 16.7 Å². The van der Waals surface area contributed by atoms with Gasteiger partial charge in [0.15, 0.2) is 5.16 Å². The summed E-state index contributed by atoms with van der Waals surface area (Å²) in [5, 5.41) is 5.94. The molecule has 0 aliphatic carbocycles. The first-order chi connectivity index (χ1) is 13.5. The van der Waals surface area contributed by atoms with E-state index < -0.39 is 11.9 Å². The molecule has 0 spiro atoms. The number of hydrogen-bond donors (Lipinski definition) is 2. The van der Waals surface area contributed by atoms with Gasteiger partial charge in [-0.15, -0.1) is 0 Å². The zero-order valence-corrected chi connectivity index (χ0v) is 17.2. The minimum absolute atomic E-state index is 0.0198. The number of benzene rings is 1. The van der Waals surface area contributed by atoms with Crippen LogP contribution in [0.3, 0.4) is 0 Å². The van der Waals surface area contributed by atoms with Crippen molar-refractivity contribution in [2.24, 2.45) is 0 Å². The molecule has 0 fully saturated rings. The number of para-hydroxylation sites is 1. The molecule has 9 heteroatoms. The van der Waals surface area contributed by atoms with Gasteiger partial charge in [0.25, 0.3) is 5.56 Å². The Labute approximate surface area is 168 Å². The lowest BCUT2D eigenvalue weighted by molar-refractivity contribution is -0.117. The molecule has 0 aliphatic heterocycles. The molecule has 152 valence electrons. The van der Waals surface area contributed by atoms with Crippen LogP contribution < -0.4 is 16.2 Å². The van der Waals surface area contributed by atoms with Crippen molar-refractivity contribution >= 4 is 34.6 Å². The first kappa shape index (κ1) is 21.9. The van der Waals surface area contributed by atoms with E-state index in [9.17, 15) is 14.4 Å². The van der Waals surface area contributed by atoms with Crippen LogP contribution in [0.25, 0.3) is 10.9 Å². The number of nitrogens with one attached hydrogen (secondary N) is 2. The Morgan fingerprint density at radius 1 is 1.32 bits per heavy atom. The van der Waals surface area contributed by atoms with Crippen molar-refractivity contribution in [1.82, 2.24) is 20.2 Å². The van der Waals surface area contributed by atoms with Crippen LogP contribution in [0.4, 0.5) is 4.79 Å². The number of nitrogens with zero attached hydrogens (tertiary/aromatic N) is 2. The van der Waals surface area contributed by atoms with Gasteiger partial charge in [0.1, 0.15) is 0 Å². The number of amides is 3. The number of aromatic nitrogens is 2. The maximum absolute atomic E-state index is 12.8. The molecule has 2 aromatic rings. The first-order valence-electron chi connectivity index (χ1n) is 9.18. The highest BCUT2D eigenvalue weighted by Gasteiger charge is 2.15. The van der Waals surface area contributed by atoms with Gasteiger partial charge in [-0.3, -0.25) is 19.5 Å². The maximum Gasteiger partial charge on any atom is 0.321 e. The minimum Gasteiger partial charge on any atom is -0.385 e. The van der Waals surface area contributed by atoms with E-state index in [2.05, 4.69) is 15.6 Å². The summed E-state index contributed by atoms with van der Waals surface area (Å²) in [6.07, 6.45) is 1.42. The summed E-state index contributed by atoms with van der Waals surface area (Å²) < 4.78 is 6.62. The van der Waals surface area contributed by atoms with E-state index >= 15 is 0 Å². The number of carbonyl (C=O) groups excluding carboxylic acids is 2. The summed E-state index contributed by atoms with van der Waals surface area (Å²) in [7, 11) is 1.60. The van der Waals surface area contributed by atoms with Crippen LogP contribution in [0.15, 0.2) is 34.2 Å². The fraction of sp³-hybridized carbons (Fsp3) is 0.474. The smallest absolute Gasteiger partial charge is 0.321 e. The van der Waals surface area contributed by atoms with Crippen molar-refractivity contribution in [2.75, 3.05) is 19.5 Å². The summed E-state index contributed by atoms with van der Waals surface area (Å²) in [5.41, 5.74) is 0.423. The van der Waals surface area contributed by atoms with Gasteiger partial charge in [-0.05, 0) is 31.9 Å². The highest BCUT2D eigenvalue weighted by atomic mass is 32.2. The van der Waals surface area contributed by atoms with Crippen molar-refractivity contribution in [3.63, 3.8) is 0 Å². The number of urea groups is 1. The number of imide groups is 1. The third-order valence-corrected chi connectivity index (χ3v) is 5.11. The Hall–Kier alpha value is -2.39. The van der Waals surface area contributed by atoms with E-state index in [1.807, 2.05) is 19.9 Å². The van der Waals surface area contributed by atoms with Crippen LogP contribution in [-0.2, 0) is 16.1 Å². The molecule has 1 aromatic carbocycles. The second-order valence-electron chi connectivity index (χ2n) is 6.33. The van der Waals surface area contributed by atoms with Gasteiger partial charge in [-0.2, -0.15) is 0 Å². The molecule has 1 aromatic heterocycles. The van der Waals surface area contributed by atoms with Crippen molar-refractivity contribution in [3.05, 3.63) is 34.6 Å². The van der Waals surface area contributed by atoms with E-state index in [1.165, 1.54) is 0 Å². The highest BCUT2D eigenvalue weighted by Crippen LogP contribution is 2.18. The standard InChI is InChI=1S/C19H26N4O4S/c1-4-13(2)20-18(26)22-16(24)12-28-19-21-15-9-6-5-8-14(15)17(25)23(19)10-7-11-27-3/h5-6,8-9,13H,4,7,10-12H2,1-3H3,(H2,20,22,24,26)/t13-/m1/s1. The first-order valence-corrected chi connectivity index (χ1v) is 10.2. The molecule has 0 aliphatic rings. The van der Waals surface area contributed by atoms with Crippen LogP contribution in [0.1, 0.15) is 26.7 Å². The molecule has 8 nitrogen and oxygen atoms in total. The van der Waals surface area contributed by atoms with E-state index in [0.29, 0.717) is 35.6 Å². The fourth-order valence-electron chi connectivity index (χ4n) is 2.48. The Balaban J connectivity index is 2.13. The lowest BCUT2D eigenvalue weighted by Gasteiger charge is -2.14. The molecular weight excluding hydrogens is 380 g/mol. The Kier molecular flexibility index (Phi) is 8.46. The van der Waals surface area contributed by atoms with Crippen molar-refractivity contribution in [1.29, 1.82) is 0 Å². The topological polar surface area (TPSA) is 102 Å². The summed E-state index contributed by atoms with van der Waals surface area (Å²) in [6.45, 7) is 4.75. The quantitative estimate of drug-likeness (QED) is 0.376. The Bertz CT molecular complexity index is 884. The molecule has 2 rings (SSSR count). The largest absolute Gasteiger partial charge is 0.385 e. The van der Waals surface area contributed by atoms with Crippen LogP contribution in [0.2, 0.25) is 0 Å². The number of rotatable bonds is 9. The molecule has 0 saturated heterocycles. The summed E-state index contributed by atoms with van der Waals surface area (Å²) in [4.78, 5) is 41.2. The average molecular weight is 407 g/mol. The molecule has 1 atom stereocenters. The predicted molar refractivity (Wildman–Crippen MR) is 110 cm³/mol. The summed E-state index contributed by atoms with van der Waals surface area (Å²) in [5.74, 6) is -0.472. The number of thioether (sulfide) groups is 1. The average Bonchev–Trinajstić information content (AvgIpc) is 2.68. The Morgan fingerprint density at radius 2 is 2.07 bits per heavy atom. The van der Waals surface area contributed by atoms with Gasteiger partial charge < -0.3 is 10.1 Å². The van der Waals surface area contributed by atoms with Gasteiger partial charge in [0, 0.05) is 26.3 Å².